The van der Waals surface area contributed by atoms with Gasteiger partial charge in [-0.2, -0.15) is 0 Å². The van der Waals surface area contributed by atoms with Gasteiger partial charge in [0.15, 0.2) is 6.10 Å². The lowest BCUT2D eigenvalue weighted by atomic mass is 10.1. The molecule has 2 aromatic rings. The van der Waals surface area contributed by atoms with Crippen molar-refractivity contribution in [3.8, 4) is 5.75 Å². The summed E-state index contributed by atoms with van der Waals surface area (Å²) in [6.07, 6.45) is 1.94. The smallest absolute Gasteiger partial charge is 0.263 e. The maximum Gasteiger partial charge on any atom is 0.263 e. The Morgan fingerprint density at radius 2 is 1.96 bits per heavy atom. The van der Waals surface area contributed by atoms with Crippen molar-refractivity contribution in [1.82, 2.24) is 4.90 Å². The molecule has 2 aromatic carbocycles. The van der Waals surface area contributed by atoms with Gasteiger partial charge in [0.25, 0.3) is 5.91 Å². The number of benzene rings is 2. The molecule has 1 aliphatic carbocycles. The molecule has 0 radical (unpaired) electrons. The van der Waals surface area contributed by atoms with Crippen LogP contribution in [0.4, 0.5) is 10.1 Å². The number of ether oxygens (including phenoxy) is 1. The minimum Gasteiger partial charge on any atom is -0.481 e. The topological polar surface area (TPSA) is 58.6 Å². The minimum atomic E-state index is -0.582. The third kappa shape index (κ3) is 4.16. The van der Waals surface area contributed by atoms with E-state index >= 15 is 0 Å². The van der Waals surface area contributed by atoms with Crippen molar-refractivity contribution < 1.29 is 18.7 Å². The Morgan fingerprint density at radius 1 is 1.21 bits per heavy atom. The summed E-state index contributed by atoms with van der Waals surface area (Å²) < 4.78 is 18.9. The van der Waals surface area contributed by atoms with Crippen molar-refractivity contribution in [2.45, 2.75) is 38.8 Å². The van der Waals surface area contributed by atoms with Gasteiger partial charge in [-0.05, 0) is 62.1 Å². The summed E-state index contributed by atoms with van der Waals surface area (Å²) in [6, 6.07) is 11.8. The van der Waals surface area contributed by atoms with Gasteiger partial charge in [0.05, 0.1) is 0 Å². The molecular weight excluding hydrogens is 359 g/mol. The maximum absolute atomic E-state index is 13.1. The number of nitrogens with zero attached hydrogens (tertiary/aromatic N) is 1. The summed E-state index contributed by atoms with van der Waals surface area (Å²) in [5.74, 6) is 0.485. The van der Waals surface area contributed by atoms with Crippen LogP contribution in [-0.4, -0.2) is 29.4 Å². The molecule has 1 saturated carbocycles. The highest BCUT2D eigenvalue weighted by atomic mass is 19.1. The molecule has 2 aliphatic rings. The second kappa shape index (κ2) is 7.62. The van der Waals surface area contributed by atoms with Crippen LogP contribution in [0, 0.1) is 11.7 Å². The zero-order valence-corrected chi connectivity index (χ0v) is 15.8. The molecule has 6 heteroatoms. The van der Waals surface area contributed by atoms with Gasteiger partial charge in [-0.15, -0.1) is 0 Å². The quantitative estimate of drug-likeness (QED) is 0.861. The largest absolute Gasteiger partial charge is 0.481 e. The normalized spacial score (nSPS) is 18.9. The fraction of sp³-hybridized carbons (Fsp3) is 0.364. The molecule has 0 bridgehead atoms. The molecule has 146 valence electrons. The van der Waals surface area contributed by atoms with Crippen molar-refractivity contribution >= 4 is 17.5 Å². The van der Waals surface area contributed by atoms with Crippen LogP contribution >= 0.6 is 0 Å². The zero-order chi connectivity index (χ0) is 19.7. The van der Waals surface area contributed by atoms with Crippen molar-refractivity contribution in [1.29, 1.82) is 0 Å². The molecule has 4 rings (SSSR count). The van der Waals surface area contributed by atoms with Crippen molar-refractivity contribution in [2.24, 2.45) is 5.92 Å². The van der Waals surface area contributed by atoms with Gasteiger partial charge in [-0.25, -0.2) is 4.39 Å². The molecule has 2 amide bonds. The summed E-state index contributed by atoms with van der Waals surface area (Å²) in [6.45, 7) is 2.66. The van der Waals surface area contributed by atoms with Crippen LogP contribution in [0.15, 0.2) is 42.5 Å². The summed E-state index contributed by atoms with van der Waals surface area (Å²) >= 11 is 0. The zero-order valence-electron chi connectivity index (χ0n) is 15.8. The molecule has 0 aromatic heterocycles. The first-order valence-corrected chi connectivity index (χ1v) is 9.63. The fourth-order valence-corrected chi connectivity index (χ4v) is 3.37. The third-order valence-electron chi connectivity index (χ3n) is 5.18. The molecule has 5 nitrogen and oxygen atoms in total. The lowest BCUT2D eigenvalue weighted by Crippen LogP contribution is -2.39. The third-order valence-corrected chi connectivity index (χ3v) is 5.18. The predicted molar refractivity (Wildman–Crippen MR) is 103 cm³/mol. The molecule has 28 heavy (non-hydrogen) atoms. The van der Waals surface area contributed by atoms with Crippen LogP contribution in [0.1, 0.15) is 30.9 Å². The number of hydrogen-bond acceptors (Lipinski definition) is 3. The Balaban J connectivity index is 1.49. The van der Waals surface area contributed by atoms with Crippen molar-refractivity contribution in [3.05, 3.63) is 59.4 Å². The highest BCUT2D eigenvalue weighted by molar-refractivity contribution is 5.94. The molecule has 0 unspecified atom stereocenters. The molecular formula is C22H23FN2O3. The number of halogens is 1. The van der Waals surface area contributed by atoms with Gasteiger partial charge in [0.1, 0.15) is 11.6 Å². The molecule has 1 atom stereocenters. The van der Waals surface area contributed by atoms with Crippen LogP contribution < -0.4 is 10.1 Å². The second-order valence-electron chi connectivity index (χ2n) is 7.48. The van der Waals surface area contributed by atoms with Crippen LogP contribution in [0.3, 0.4) is 0 Å². The maximum atomic E-state index is 13.1. The highest BCUT2D eigenvalue weighted by Crippen LogP contribution is 2.32. The molecule has 0 saturated heterocycles. The first kappa shape index (κ1) is 18.5. The Morgan fingerprint density at radius 3 is 2.68 bits per heavy atom. The SMILES string of the molecule is C[C@H]1Oc2ccc(NC(=O)C3CC3)cc2CN(CCc2ccc(F)cc2)C1=O. The molecule has 0 spiro atoms. The van der Waals surface area contributed by atoms with E-state index in [-0.39, 0.29) is 23.5 Å². The van der Waals surface area contributed by atoms with Gasteiger partial charge in [0.2, 0.25) is 5.91 Å². The molecule has 1 aliphatic heterocycles. The number of carbonyl (C=O) groups is 2. The Hall–Kier alpha value is -2.89. The van der Waals surface area contributed by atoms with E-state index in [1.165, 1.54) is 12.1 Å². The average Bonchev–Trinajstić information content (AvgIpc) is 3.53. The standard InChI is InChI=1S/C22H23FN2O3/c1-14-22(27)25(11-10-15-2-6-18(23)7-3-15)13-17-12-19(8-9-20(17)28-14)24-21(26)16-4-5-16/h2-3,6-9,12,14,16H,4-5,10-11,13H2,1H3,(H,24,26)/t14-/m1/s1. The van der Waals surface area contributed by atoms with Gasteiger partial charge < -0.3 is 15.0 Å². The van der Waals surface area contributed by atoms with Crippen LogP contribution in [0.2, 0.25) is 0 Å². The number of rotatable bonds is 5. The molecule has 1 heterocycles. The first-order valence-electron chi connectivity index (χ1n) is 9.63. The van der Waals surface area contributed by atoms with E-state index in [1.807, 2.05) is 18.2 Å². The van der Waals surface area contributed by atoms with E-state index in [4.69, 9.17) is 4.74 Å². The van der Waals surface area contributed by atoms with E-state index < -0.39 is 6.10 Å². The van der Waals surface area contributed by atoms with E-state index in [0.29, 0.717) is 25.3 Å². The van der Waals surface area contributed by atoms with Crippen LogP contribution in [0.25, 0.3) is 0 Å². The van der Waals surface area contributed by atoms with Gasteiger partial charge >= 0.3 is 0 Å². The van der Waals surface area contributed by atoms with Crippen LogP contribution in [-0.2, 0) is 22.6 Å². The second-order valence-corrected chi connectivity index (χ2v) is 7.48. The van der Waals surface area contributed by atoms with E-state index in [9.17, 15) is 14.0 Å². The van der Waals surface area contributed by atoms with Crippen LogP contribution in [0.5, 0.6) is 5.75 Å². The van der Waals surface area contributed by atoms with Crippen molar-refractivity contribution in [2.75, 3.05) is 11.9 Å². The van der Waals surface area contributed by atoms with E-state index in [1.54, 1.807) is 24.0 Å². The van der Waals surface area contributed by atoms with Gasteiger partial charge in [-0.1, -0.05) is 12.1 Å². The van der Waals surface area contributed by atoms with Gasteiger partial charge in [0, 0.05) is 30.3 Å². The Kier molecular flexibility index (Phi) is 5.03. The number of amides is 2. The average molecular weight is 382 g/mol. The summed E-state index contributed by atoms with van der Waals surface area (Å²) in [5.41, 5.74) is 2.56. The first-order chi connectivity index (χ1) is 13.5. The van der Waals surface area contributed by atoms with Crippen molar-refractivity contribution in [3.63, 3.8) is 0 Å². The van der Waals surface area contributed by atoms with E-state index in [2.05, 4.69) is 5.32 Å². The van der Waals surface area contributed by atoms with Gasteiger partial charge in [-0.3, -0.25) is 9.59 Å². The Bertz CT molecular complexity index is 893. The van der Waals surface area contributed by atoms with E-state index in [0.717, 1.165) is 29.7 Å². The molecule has 1 fully saturated rings. The lowest BCUT2D eigenvalue weighted by Gasteiger charge is -2.22. The number of anilines is 1. The monoisotopic (exact) mass is 382 g/mol. The number of nitrogens with one attached hydrogen (secondary N) is 1. The highest BCUT2D eigenvalue weighted by Gasteiger charge is 2.30. The predicted octanol–water partition coefficient (Wildman–Crippen LogP) is 3.53. The lowest BCUT2D eigenvalue weighted by molar-refractivity contribution is -0.137. The summed E-state index contributed by atoms with van der Waals surface area (Å²) in [4.78, 5) is 26.5. The summed E-state index contributed by atoms with van der Waals surface area (Å²) in [7, 11) is 0. The number of carbonyl (C=O) groups excluding carboxylic acids is 2. The minimum absolute atomic E-state index is 0.0482. The fourth-order valence-electron chi connectivity index (χ4n) is 3.37. The number of fused-ring (bicyclic) bond motifs is 1. The Labute approximate surface area is 163 Å². The summed E-state index contributed by atoms with van der Waals surface area (Å²) in [5, 5.41) is 2.94. The molecule has 1 N–H and O–H groups in total. The number of hydrogen-bond donors (Lipinski definition) is 1.